The molecule has 3 nitrogen and oxygen atoms in total. The van der Waals surface area contributed by atoms with Gasteiger partial charge in [-0.3, -0.25) is 0 Å². The molecule has 96 valence electrons. The molecule has 2 rings (SSSR count). The quantitative estimate of drug-likeness (QED) is 0.670. The zero-order valence-electron chi connectivity index (χ0n) is 10.5. The van der Waals surface area contributed by atoms with Crippen LogP contribution in [0.3, 0.4) is 0 Å². The van der Waals surface area contributed by atoms with Gasteiger partial charge in [0.2, 0.25) is 0 Å². The lowest BCUT2D eigenvalue weighted by molar-refractivity contribution is -0.132. The molecule has 0 aromatic heterocycles. The summed E-state index contributed by atoms with van der Waals surface area (Å²) in [5.41, 5.74) is 0.918. The van der Waals surface area contributed by atoms with Crippen LogP contribution in [0.15, 0.2) is 66.2 Å². The van der Waals surface area contributed by atoms with Crippen LogP contribution in [0, 0.1) is 0 Å². The summed E-state index contributed by atoms with van der Waals surface area (Å²) in [4.78, 5) is 11.2. The minimum absolute atomic E-state index is 0.176. The van der Waals surface area contributed by atoms with E-state index in [1.165, 1.54) is 6.92 Å². The van der Waals surface area contributed by atoms with Crippen LogP contribution in [0.5, 0.6) is 5.75 Å². The van der Waals surface area contributed by atoms with Crippen molar-refractivity contribution in [3.05, 3.63) is 71.8 Å². The first-order valence-electron chi connectivity index (χ1n) is 5.91. The van der Waals surface area contributed by atoms with Gasteiger partial charge in [0.15, 0.2) is 0 Å². The van der Waals surface area contributed by atoms with Crippen LogP contribution < -0.4 is 4.74 Å². The molecule has 1 N–H and O–H groups in total. The zero-order chi connectivity index (χ0) is 13.7. The van der Waals surface area contributed by atoms with Gasteiger partial charge >= 0.3 is 5.97 Å². The Morgan fingerprint density at radius 1 is 0.947 bits per heavy atom. The molecular formula is C16H14O3. The molecule has 0 atom stereocenters. The summed E-state index contributed by atoms with van der Waals surface area (Å²) in [6.45, 7) is 1.54. The number of benzene rings is 2. The summed E-state index contributed by atoms with van der Waals surface area (Å²) >= 11 is 0. The van der Waals surface area contributed by atoms with E-state index in [-0.39, 0.29) is 5.57 Å². The van der Waals surface area contributed by atoms with Crippen molar-refractivity contribution in [1.29, 1.82) is 0 Å². The van der Waals surface area contributed by atoms with E-state index in [1.54, 1.807) is 12.1 Å². The van der Waals surface area contributed by atoms with Gasteiger partial charge < -0.3 is 9.84 Å². The predicted molar refractivity (Wildman–Crippen MR) is 73.7 cm³/mol. The number of carboxylic acids is 1. The topological polar surface area (TPSA) is 46.5 Å². The van der Waals surface area contributed by atoms with Gasteiger partial charge in [-0.05, 0) is 19.1 Å². The highest BCUT2D eigenvalue weighted by Gasteiger charge is 2.13. The Kier molecular flexibility index (Phi) is 3.98. The van der Waals surface area contributed by atoms with Crippen LogP contribution in [-0.2, 0) is 4.79 Å². The SMILES string of the molecule is C/C(C(=O)O)=C(\Oc1ccccc1)c1ccccc1. The summed E-state index contributed by atoms with van der Waals surface area (Å²) in [6, 6.07) is 18.4. The second-order valence-corrected chi connectivity index (χ2v) is 4.04. The Morgan fingerprint density at radius 2 is 1.47 bits per heavy atom. The number of carboxylic acid groups (broad SMARTS) is 1. The highest BCUT2D eigenvalue weighted by atomic mass is 16.5. The maximum atomic E-state index is 11.2. The highest BCUT2D eigenvalue weighted by molar-refractivity contribution is 5.94. The molecule has 0 spiro atoms. The van der Waals surface area contributed by atoms with E-state index in [0.717, 1.165) is 5.56 Å². The molecule has 0 amide bonds. The predicted octanol–water partition coefficient (Wildman–Crippen LogP) is 3.58. The van der Waals surface area contributed by atoms with Gasteiger partial charge in [0.1, 0.15) is 11.5 Å². The number of hydrogen-bond acceptors (Lipinski definition) is 2. The summed E-state index contributed by atoms with van der Waals surface area (Å²) in [7, 11) is 0. The van der Waals surface area contributed by atoms with E-state index in [2.05, 4.69) is 0 Å². The lowest BCUT2D eigenvalue weighted by atomic mass is 10.1. The van der Waals surface area contributed by atoms with Crippen molar-refractivity contribution in [1.82, 2.24) is 0 Å². The van der Waals surface area contributed by atoms with Crippen LogP contribution in [0.4, 0.5) is 0 Å². The molecule has 0 radical (unpaired) electrons. The smallest absolute Gasteiger partial charge is 0.335 e. The van der Waals surface area contributed by atoms with Crippen LogP contribution in [0.25, 0.3) is 5.76 Å². The van der Waals surface area contributed by atoms with Gasteiger partial charge in [0.05, 0.1) is 5.57 Å². The molecule has 0 saturated carbocycles. The number of carbonyl (C=O) groups is 1. The standard InChI is InChI=1S/C16H14O3/c1-12(16(17)18)15(13-8-4-2-5-9-13)19-14-10-6-3-7-11-14/h2-11H,1H3,(H,17,18)/b15-12+. The third-order valence-electron chi connectivity index (χ3n) is 2.66. The second kappa shape index (κ2) is 5.87. The summed E-state index contributed by atoms with van der Waals surface area (Å²) in [5.74, 6) is -0.0176. The van der Waals surface area contributed by atoms with Gasteiger partial charge in [-0.25, -0.2) is 4.79 Å². The Hall–Kier alpha value is -2.55. The first kappa shape index (κ1) is 12.9. The monoisotopic (exact) mass is 254 g/mol. The van der Waals surface area contributed by atoms with E-state index >= 15 is 0 Å². The fraction of sp³-hybridized carbons (Fsp3) is 0.0625. The van der Waals surface area contributed by atoms with Crippen molar-refractivity contribution in [3.8, 4) is 5.75 Å². The van der Waals surface area contributed by atoms with Crippen LogP contribution in [-0.4, -0.2) is 11.1 Å². The average molecular weight is 254 g/mol. The number of para-hydroxylation sites is 1. The van der Waals surface area contributed by atoms with Gasteiger partial charge in [-0.15, -0.1) is 0 Å². The maximum Gasteiger partial charge on any atom is 0.335 e. The Labute approximate surface area is 111 Å². The fourth-order valence-corrected chi connectivity index (χ4v) is 1.65. The summed E-state index contributed by atoms with van der Waals surface area (Å²) < 4.78 is 5.72. The van der Waals surface area contributed by atoms with E-state index in [9.17, 15) is 4.79 Å². The third-order valence-corrected chi connectivity index (χ3v) is 2.66. The Morgan fingerprint density at radius 3 is 2.00 bits per heavy atom. The van der Waals surface area contributed by atoms with Gasteiger partial charge in [0.25, 0.3) is 0 Å². The largest absolute Gasteiger partial charge is 0.478 e. The van der Waals surface area contributed by atoms with E-state index in [1.807, 2.05) is 48.5 Å². The molecule has 0 aliphatic heterocycles. The minimum Gasteiger partial charge on any atom is -0.478 e. The van der Waals surface area contributed by atoms with Crippen molar-refractivity contribution in [2.45, 2.75) is 6.92 Å². The van der Waals surface area contributed by atoms with Crippen molar-refractivity contribution in [2.24, 2.45) is 0 Å². The van der Waals surface area contributed by atoms with Crippen molar-refractivity contribution >= 4 is 11.7 Å². The number of rotatable bonds is 4. The normalized spacial score (nSPS) is 11.6. The summed E-state index contributed by atoms with van der Waals surface area (Å²) in [5, 5.41) is 9.15. The molecule has 2 aromatic rings. The van der Waals surface area contributed by atoms with Crippen LogP contribution >= 0.6 is 0 Å². The minimum atomic E-state index is -0.991. The molecule has 0 aliphatic carbocycles. The summed E-state index contributed by atoms with van der Waals surface area (Å²) in [6.07, 6.45) is 0. The Bertz CT molecular complexity index is 586. The van der Waals surface area contributed by atoms with Gasteiger partial charge in [-0.1, -0.05) is 48.5 Å². The van der Waals surface area contributed by atoms with E-state index < -0.39 is 5.97 Å². The Balaban J connectivity index is 2.42. The molecule has 0 aliphatic rings. The highest BCUT2D eigenvalue weighted by Crippen LogP contribution is 2.23. The molecule has 0 fully saturated rings. The van der Waals surface area contributed by atoms with Crippen molar-refractivity contribution < 1.29 is 14.6 Å². The first-order chi connectivity index (χ1) is 9.18. The van der Waals surface area contributed by atoms with E-state index in [4.69, 9.17) is 9.84 Å². The second-order valence-electron chi connectivity index (χ2n) is 4.04. The maximum absolute atomic E-state index is 11.2. The van der Waals surface area contributed by atoms with Crippen molar-refractivity contribution in [3.63, 3.8) is 0 Å². The van der Waals surface area contributed by atoms with Crippen LogP contribution in [0.2, 0.25) is 0 Å². The molecule has 3 heteroatoms. The lowest BCUT2D eigenvalue weighted by Gasteiger charge is -2.12. The zero-order valence-corrected chi connectivity index (χ0v) is 10.5. The van der Waals surface area contributed by atoms with Gasteiger partial charge in [0, 0.05) is 5.56 Å². The number of ether oxygens (including phenoxy) is 1. The lowest BCUT2D eigenvalue weighted by Crippen LogP contribution is -2.05. The number of hydrogen-bond donors (Lipinski definition) is 1. The molecule has 19 heavy (non-hydrogen) atoms. The molecular weight excluding hydrogens is 240 g/mol. The van der Waals surface area contributed by atoms with Crippen LogP contribution in [0.1, 0.15) is 12.5 Å². The third kappa shape index (κ3) is 3.22. The molecule has 2 aromatic carbocycles. The molecule has 0 bridgehead atoms. The number of aliphatic carboxylic acids is 1. The fourth-order valence-electron chi connectivity index (χ4n) is 1.65. The van der Waals surface area contributed by atoms with Crippen molar-refractivity contribution in [2.75, 3.05) is 0 Å². The van der Waals surface area contributed by atoms with Gasteiger partial charge in [-0.2, -0.15) is 0 Å². The first-order valence-corrected chi connectivity index (χ1v) is 5.91. The van der Waals surface area contributed by atoms with E-state index in [0.29, 0.717) is 11.5 Å². The molecule has 0 unspecified atom stereocenters. The average Bonchev–Trinajstić information content (AvgIpc) is 2.46. The molecule has 0 saturated heterocycles. The molecule has 0 heterocycles.